The highest BCUT2D eigenvalue weighted by molar-refractivity contribution is 7.89. The first-order valence-corrected chi connectivity index (χ1v) is 11.0. The molecule has 2 aromatic carbocycles. The van der Waals surface area contributed by atoms with Crippen LogP contribution in [0.5, 0.6) is 0 Å². The zero-order valence-electron chi connectivity index (χ0n) is 16.9. The van der Waals surface area contributed by atoms with Crippen LogP contribution in [0.15, 0.2) is 59.5 Å². The van der Waals surface area contributed by atoms with E-state index in [4.69, 9.17) is 0 Å². The van der Waals surface area contributed by atoms with Crippen LogP contribution in [0.3, 0.4) is 0 Å². The Morgan fingerprint density at radius 2 is 1.37 bits per heavy atom. The average Bonchev–Trinajstić information content (AvgIpc) is 2.61. The summed E-state index contributed by atoms with van der Waals surface area (Å²) in [6.45, 7) is 12.0. The van der Waals surface area contributed by atoms with E-state index in [0.29, 0.717) is 18.0 Å². The molecule has 0 amide bonds. The maximum atomic E-state index is 13.1. The lowest BCUT2D eigenvalue weighted by molar-refractivity contribution is 0.241. The van der Waals surface area contributed by atoms with Gasteiger partial charge in [0.1, 0.15) is 0 Å². The van der Waals surface area contributed by atoms with Gasteiger partial charge in [0.15, 0.2) is 0 Å². The van der Waals surface area contributed by atoms with Crippen molar-refractivity contribution in [3.8, 4) is 0 Å². The van der Waals surface area contributed by atoms with Crippen molar-refractivity contribution in [2.75, 3.05) is 18.0 Å². The van der Waals surface area contributed by atoms with Crippen LogP contribution in [0.4, 0.5) is 5.69 Å². The average molecular weight is 387 g/mol. The minimum atomic E-state index is -3.49. The van der Waals surface area contributed by atoms with Gasteiger partial charge < -0.3 is 4.90 Å². The molecule has 146 valence electrons. The fourth-order valence-corrected chi connectivity index (χ4v) is 5.70. The zero-order valence-corrected chi connectivity index (χ0v) is 17.7. The lowest BCUT2D eigenvalue weighted by atomic mass is 9.87. The van der Waals surface area contributed by atoms with E-state index < -0.39 is 10.0 Å². The van der Waals surface area contributed by atoms with Crippen LogP contribution in [0.25, 0.3) is 0 Å². The molecule has 1 saturated heterocycles. The molecule has 0 aliphatic carbocycles. The molecule has 0 bridgehead atoms. The molecule has 2 unspecified atom stereocenters. The molecule has 1 fully saturated rings. The molecule has 3 rings (SSSR count). The predicted molar refractivity (Wildman–Crippen MR) is 112 cm³/mol. The number of hydrogen-bond acceptors (Lipinski definition) is 3. The Kier molecular flexibility index (Phi) is 5.37. The smallest absolute Gasteiger partial charge is 0.243 e. The number of sulfonamides is 1. The van der Waals surface area contributed by atoms with E-state index in [1.54, 1.807) is 28.6 Å². The molecule has 27 heavy (non-hydrogen) atoms. The van der Waals surface area contributed by atoms with Crippen LogP contribution >= 0.6 is 0 Å². The van der Waals surface area contributed by atoms with Gasteiger partial charge in [-0.1, -0.05) is 51.1 Å². The number of piperazine rings is 1. The molecule has 2 aromatic rings. The van der Waals surface area contributed by atoms with Gasteiger partial charge >= 0.3 is 0 Å². The summed E-state index contributed by atoms with van der Waals surface area (Å²) in [7, 11) is -3.49. The standard InChI is InChI=1S/C22H30N2O2S/c1-17-15-23(20-13-11-19(12-14-20)22(3,4)5)16-18(2)24(17)27(25,26)21-9-7-6-8-10-21/h6-14,17-18H,15-16H2,1-5H3. The van der Waals surface area contributed by atoms with Crippen LogP contribution < -0.4 is 4.90 Å². The molecule has 0 spiro atoms. The summed E-state index contributed by atoms with van der Waals surface area (Å²) in [5.74, 6) is 0. The van der Waals surface area contributed by atoms with Gasteiger partial charge in [-0.05, 0) is 49.1 Å². The van der Waals surface area contributed by atoms with E-state index in [-0.39, 0.29) is 17.5 Å². The van der Waals surface area contributed by atoms with Crippen LogP contribution in [-0.2, 0) is 15.4 Å². The second kappa shape index (κ2) is 7.28. The molecule has 0 aromatic heterocycles. The molecular weight excluding hydrogens is 356 g/mol. The second-order valence-electron chi connectivity index (χ2n) is 8.55. The fourth-order valence-electron chi connectivity index (χ4n) is 3.88. The molecule has 1 aliphatic rings. The Bertz CT molecular complexity index is 859. The molecule has 0 N–H and O–H groups in total. The monoisotopic (exact) mass is 386 g/mol. The summed E-state index contributed by atoms with van der Waals surface area (Å²) in [6, 6.07) is 17.2. The minimum Gasteiger partial charge on any atom is -0.368 e. The van der Waals surface area contributed by atoms with Gasteiger partial charge in [0, 0.05) is 30.9 Å². The van der Waals surface area contributed by atoms with Crippen LogP contribution in [-0.4, -0.2) is 37.9 Å². The van der Waals surface area contributed by atoms with Crippen molar-refractivity contribution in [1.29, 1.82) is 0 Å². The topological polar surface area (TPSA) is 40.6 Å². The minimum absolute atomic E-state index is 0.0961. The Hall–Kier alpha value is -1.85. The summed E-state index contributed by atoms with van der Waals surface area (Å²) in [4.78, 5) is 2.66. The third-order valence-corrected chi connectivity index (χ3v) is 7.40. The van der Waals surface area contributed by atoms with Crippen LogP contribution in [0.2, 0.25) is 0 Å². The highest BCUT2D eigenvalue weighted by atomic mass is 32.2. The third kappa shape index (κ3) is 4.04. The third-order valence-electron chi connectivity index (χ3n) is 5.26. The highest BCUT2D eigenvalue weighted by Crippen LogP contribution is 2.30. The Labute approximate surface area is 163 Å². The van der Waals surface area contributed by atoms with E-state index in [9.17, 15) is 8.42 Å². The predicted octanol–water partition coefficient (Wildman–Crippen LogP) is 4.27. The second-order valence-corrected chi connectivity index (χ2v) is 10.4. The normalized spacial score (nSPS) is 22.0. The van der Waals surface area contributed by atoms with Crippen LogP contribution in [0.1, 0.15) is 40.2 Å². The maximum Gasteiger partial charge on any atom is 0.243 e. The van der Waals surface area contributed by atoms with E-state index >= 15 is 0 Å². The number of hydrogen-bond donors (Lipinski definition) is 0. The summed E-state index contributed by atoms with van der Waals surface area (Å²) in [5, 5.41) is 0. The van der Waals surface area contributed by atoms with Gasteiger partial charge in [-0.25, -0.2) is 8.42 Å². The van der Waals surface area contributed by atoms with Crippen molar-refractivity contribution in [2.24, 2.45) is 0 Å². The Morgan fingerprint density at radius 1 is 0.852 bits per heavy atom. The van der Waals surface area contributed by atoms with Crippen molar-refractivity contribution in [3.63, 3.8) is 0 Å². The lowest BCUT2D eigenvalue weighted by Crippen LogP contribution is -2.58. The number of benzene rings is 2. The molecule has 0 radical (unpaired) electrons. The van der Waals surface area contributed by atoms with Crippen molar-refractivity contribution in [2.45, 2.75) is 57.0 Å². The molecule has 2 atom stereocenters. The quantitative estimate of drug-likeness (QED) is 0.791. The van der Waals surface area contributed by atoms with E-state index in [2.05, 4.69) is 49.9 Å². The van der Waals surface area contributed by atoms with Gasteiger partial charge in [0.2, 0.25) is 10.0 Å². The van der Waals surface area contributed by atoms with E-state index in [0.717, 1.165) is 5.69 Å². The van der Waals surface area contributed by atoms with Crippen LogP contribution in [0, 0.1) is 0 Å². The fraction of sp³-hybridized carbons (Fsp3) is 0.455. The maximum absolute atomic E-state index is 13.1. The summed E-state index contributed by atoms with van der Waals surface area (Å²) < 4.78 is 27.9. The zero-order chi connectivity index (χ0) is 19.8. The van der Waals surface area contributed by atoms with Crippen molar-refractivity contribution in [3.05, 3.63) is 60.2 Å². The first-order valence-electron chi connectivity index (χ1n) is 9.55. The van der Waals surface area contributed by atoms with Gasteiger partial charge in [-0.15, -0.1) is 0 Å². The molecule has 1 aliphatic heterocycles. The molecule has 5 heteroatoms. The molecular formula is C22H30N2O2S. The van der Waals surface area contributed by atoms with Gasteiger partial charge in [-0.2, -0.15) is 4.31 Å². The lowest BCUT2D eigenvalue weighted by Gasteiger charge is -2.44. The van der Waals surface area contributed by atoms with Crippen molar-refractivity contribution in [1.82, 2.24) is 4.31 Å². The first kappa shape index (κ1) is 19.9. The summed E-state index contributed by atoms with van der Waals surface area (Å²) in [5.41, 5.74) is 2.58. The SMILES string of the molecule is CC1CN(c2ccc(C(C)(C)C)cc2)CC(C)N1S(=O)(=O)c1ccccc1. The Balaban J connectivity index is 1.81. The molecule has 1 heterocycles. The number of anilines is 1. The van der Waals surface area contributed by atoms with Crippen molar-refractivity contribution >= 4 is 15.7 Å². The summed E-state index contributed by atoms with van der Waals surface area (Å²) >= 11 is 0. The Morgan fingerprint density at radius 3 is 1.85 bits per heavy atom. The number of nitrogens with zero attached hydrogens (tertiary/aromatic N) is 2. The highest BCUT2D eigenvalue weighted by Gasteiger charge is 2.38. The van der Waals surface area contributed by atoms with Crippen molar-refractivity contribution < 1.29 is 8.42 Å². The van der Waals surface area contributed by atoms with Gasteiger partial charge in [-0.3, -0.25) is 0 Å². The number of rotatable bonds is 3. The largest absolute Gasteiger partial charge is 0.368 e. The van der Waals surface area contributed by atoms with Gasteiger partial charge in [0.25, 0.3) is 0 Å². The molecule has 0 saturated carbocycles. The first-order chi connectivity index (χ1) is 12.6. The van der Waals surface area contributed by atoms with E-state index in [1.165, 1.54) is 5.56 Å². The van der Waals surface area contributed by atoms with E-state index in [1.807, 2.05) is 19.9 Å². The molecule has 4 nitrogen and oxygen atoms in total. The van der Waals surface area contributed by atoms with Gasteiger partial charge in [0.05, 0.1) is 4.90 Å². The summed E-state index contributed by atoms with van der Waals surface area (Å²) in [6.07, 6.45) is 0.